The Balaban J connectivity index is 1.40. The lowest BCUT2D eigenvalue weighted by Gasteiger charge is -2.32. The maximum atomic E-state index is 13.9. The summed E-state index contributed by atoms with van der Waals surface area (Å²) in [5.41, 5.74) is 4.31. The Kier molecular flexibility index (Phi) is 5.30. The van der Waals surface area contributed by atoms with Gasteiger partial charge in [0.1, 0.15) is 17.2 Å². The summed E-state index contributed by atoms with van der Waals surface area (Å²) < 4.78 is 20.2. The number of halogens is 1. The Morgan fingerprint density at radius 3 is 2.62 bits per heavy atom. The van der Waals surface area contributed by atoms with E-state index in [0.717, 1.165) is 56.7 Å². The Labute approximate surface area is 188 Å². The summed E-state index contributed by atoms with van der Waals surface area (Å²) in [4.78, 5) is 17.7. The fourth-order valence-electron chi connectivity index (χ4n) is 4.94. The number of nitrogens with one attached hydrogen (secondary N) is 1. The molecule has 168 valence electrons. The third-order valence-corrected chi connectivity index (χ3v) is 6.82. The minimum atomic E-state index is -0.554. The number of nitrogens with zero attached hydrogens (tertiary/aromatic N) is 2. The molecule has 0 radical (unpaired) electrons. The van der Waals surface area contributed by atoms with E-state index in [1.807, 2.05) is 13.8 Å². The number of aryl methyl sites for hydroxylation is 1. The maximum Gasteiger partial charge on any atom is 0.260 e. The van der Waals surface area contributed by atoms with Crippen LogP contribution in [-0.2, 0) is 21.6 Å². The lowest BCUT2D eigenvalue weighted by atomic mass is 9.91. The van der Waals surface area contributed by atoms with E-state index in [-0.39, 0.29) is 11.7 Å². The number of benzene rings is 2. The minimum Gasteiger partial charge on any atom is -0.482 e. The molecule has 3 aliphatic rings. The van der Waals surface area contributed by atoms with Crippen LogP contribution in [0.5, 0.6) is 0 Å². The molecule has 1 N–H and O–H groups in total. The highest BCUT2D eigenvalue weighted by Gasteiger charge is 2.40. The van der Waals surface area contributed by atoms with E-state index < -0.39 is 5.60 Å². The maximum absolute atomic E-state index is 13.9. The van der Waals surface area contributed by atoms with Crippen LogP contribution < -0.4 is 5.32 Å². The molecule has 5 nitrogen and oxygen atoms in total. The standard InChI is InChI=1S/C26H30FN3O2/c1-26(2)21-15-17(5-4-10-30-13-11-29(3)12-14-30)6-8-19(21)24(32-26)23-20-16-18(27)7-9-22(20)28-25(23)31/h6-9,15-16H,4-5,10-14H2,1-3H3,(H,28,31). The normalized spacial score (nSPS) is 22.4. The van der Waals surface area contributed by atoms with Crippen molar-refractivity contribution in [3.63, 3.8) is 0 Å². The van der Waals surface area contributed by atoms with Crippen molar-refractivity contribution in [3.05, 3.63) is 64.5 Å². The Morgan fingerprint density at radius 1 is 1.06 bits per heavy atom. The van der Waals surface area contributed by atoms with Gasteiger partial charge in [0.2, 0.25) is 0 Å². The fraction of sp³-hybridized carbons (Fsp3) is 0.423. The number of hydrogen-bond donors (Lipinski definition) is 1. The van der Waals surface area contributed by atoms with Crippen molar-refractivity contribution in [2.75, 3.05) is 45.1 Å². The molecule has 5 rings (SSSR count). The molecule has 0 aromatic heterocycles. The largest absolute Gasteiger partial charge is 0.482 e. The first kappa shape index (κ1) is 21.2. The van der Waals surface area contributed by atoms with E-state index in [0.29, 0.717) is 22.6 Å². The second kappa shape index (κ2) is 8.01. The molecular formula is C26H30FN3O2. The van der Waals surface area contributed by atoms with E-state index in [1.54, 1.807) is 6.07 Å². The van der Waals surface area contributed by atoms with Crippen LogP contribution in [0, 0.1) is 5.82 Å². The molecule has 0 bridgehead atoms. The van der Waals surface area contributed by atoms with Crippen molar-refractivity contribution < 1.29 is 13.9 Å². The average Bonchev–Trinajstić information content (AvgIpc) is 3.21. The van der Waals surface area contributed by atoms with Crippen LogP contribution in [0.1, 0.15) is 42.5 Å². The second-order valence-corrected chi connectivity index (χ2v) is 9.59. The zero-order valence-corrected chi connectivity index (χ0v) is 19.0. The van der Waals surface area contributed by atoms with E-state index in [1.165, 1.54) is 17.7 Å². The molecule has 3 aliphatic heterocycles. The summed E-state index contributed by atoms with van der Waals surface area (Å²) in [7, 11) is 2.18. The number of amides is 1. The van der Waals surface area contributed by atoms with Crippen molar-refractivity contribution in [1.29, 1.82) is 0 Å². The third-order valence-electron chi connectivity index (χ3n) is 6.82. The van der Waals surface area contributed by atoms with Gasteiger partial charge in [-0.05, 0) is 64.0 Å². The van der Waals surface area contributed by atoms with Gasteiger partial charge in [-0.1, -0.05) is 18.2 Å². The predicted molar refractivity (Wildman–Crippen MR) is 125 cm³/mol. The lowest BCUT2D eigenvalue weighted by Crippen LogP contribution is -2.44. The number of hydrogen-bond acceptors (Lipinski definition) is 4. The van der Waals surface area contributed by atoms with Crippen LogP contribution in [0.3, 0.4) is 0 Å². The van der Waals surface area contributed by atoms with Crippen LogP contribution in [0.4, 0.5) is 10.1 Å². The van der Waals surface area contributed by atoms with Crippen molar-refractivity contribution in [1.82, 2.24) is 9.80 Å². The van der Waals surface area contributed by atoms with Gasteiger partial charge in [0.05, 0.1) is 5.57 Å². The molecule has 0 spiro atoms. The first-order valence-corrected chi connectivity index (χ1v) is 11.4. The van der Waals surface area contributed by atoms with Gasteiger partial charge in [0.15, 0.2) is 0 Å². The van der Waals surface area contributed by atoms with Gasteiger partial charge in [-0.3, -0.25) is 4.79 Å². The zero-order valence-electron chi connectivity index (χ0n) is 19.0. The number of fused-ring (bicyclic) bond motifs is 2. The summed E-state index contributed by atoms with van der Waals surface area (Å²) >= 11 is 0. The third kappa shape index (κ3) is 3.82. The van der Waals surface area contributed by atoms with E-state index >= 15 is 0 Å². The van der Waals surface area contributed by atoms with Gasteiger partial charge in [-0.2, -0.15) is 0 Å². The first-order chi connectivity index (χ1) is 15.3. The molecule has 0 aliphatic carbocycles. The number of piperazine rings is 1. The number of ether oxygens (including phenoxy) is 1. The number of anilines is 1. The molecule has 1 saturated heterocycles. The minimum absolute atomic E-state index is 0.250. The van der Waals surface area contributed by atoms with Crippen LogP contribution in [0.25, 0.3) is 11.3 Å². The lowest BCUT2D eigenvalue weighted by molar-refractivity contribution is -0.110. The molecule has 3 heterocycles. The molecule has 0 saturated carbocycles. The summed E-state index contributed by atoms with van der Waals surface area (Å²) in [6.07, 6.45) is 2.13. The zero-order chi connectivity index (χ0) is 22.5. The van der Waals surface area contributed by atoms with Crippen LogP contribution in [0.2, 0.25) is 0 Å². The molecule has 2 aromatic carbocycles. The Morgan fingerprint density at radius 2 is 1.84 bits per heavy atom. The van der Waals surface area contributed by atoms with Crippen LogP contribution in [-0.4, -0.2) is 55.5 Å². The summed E-state index contributed by atoms with van der Waals surface area (Å²) in [5, 5.41) is 2.83. The van der Waals surface area contributed by atoms with Crippen LogP contribution >= 0.6 is 0 Å². The van der Waals surface area contributed by atoms with Gasteiger partial charge >= 0.3 is 0 Å². The SMILES string of the molecule is CN1CCN(CCCc2ccc3c(c2)C(C)(C)OC3=C2C(=O)Nc3ccc(F)cc32)CC1. The molecular weight excluding hydrogens is 405 g/mol. The highest BCUT2D eigenvalue weighted by molar-refractivity contribution is 6.36. The molecule has 1 amide bonds. The smallest absolute Gasteiger partial charge is 0.260 e. The van der Waals surface area contributed by atoms with Gasteiger partial charge in [-0.15, -0.1) is 0 Å². The van der Waals surface area contributed by atoms with Crippen molar-refractivity contribution >= 4 is 22.9 Å². The molecule has 32 heavy (non-hydrogen) atoms. The Bertz CT molecular complexity index is 1100. The highest BCUT2D eigenvalue weighted by atomic mass is 19.1. The van der Waals surface area contributed by atoms with Gasteiger partial charge in [-0.25, -0.2) is 4.39 Å². The van der Waals surface area contributed by atoms with E-state index in [4.69, 9.17) is 4.74 Å². The first-order valence-electron chi connectivity index (χ1n) is 11.4. The second-order valence-electron chi connectivity index (χ2n) is 9.59. The van der Waals surface area contributed by atoms with Crippen LogP contribution in [0.15, 0.2) is 36.4 Å². The summed E-state index contributed by atoms with van der Waals surface area (Å²) in [5.74, 6) is -0.0807. The van der Waals surface area contributed by atoms with E-state index in [2.05, 4.69) is 40.4 Å². The van der Waals surface area contributed by atoms with Gasteiger partial charge < -0.3 is 19.9 Å². The fourth-order valence-corrected chi connectivity index (χ4v) is 4.94. The van der Waals surface area contributed by atoms with E-state index in [9.17, 15) is 9.18 Å². The molecule has 0 atom stereocenters. The average molecular weight is 436 g/mol. The number of carbonyl (C=O) groups excluding carboxylic acids is 1. The van der Waals surface area contributed by atoms with Gasteiger partial charge in [0.25, 0.3) is 5.91 Å². The molecule has 6 heteroatoms. The number of carbonyl (C=O) groups is 1. The predicted octanol–water partition coefficient (Wildman–Crippen LogP) is 4.09. The van der Waals surface area contributed by atoms with Gasteiger partial charge in [0, 0.05) is 48.6 Å². The topological polar surface area (TPSA) is 44.8 Å². The molecule has 1 fully saturated rings. The summed E-state index contributed by atoms with van der Waals surface area (Å²) in [6.45, 7) is 9.72. The molecule has 0 unspecified atom stereocenters. The quantitative estimate of drug-likeness (QED) is 0.735. The number of rotatable bonds is 4. The van der Waals surface area contributed by atoms with Crippen molar-refractivity contribution in [2.45, 2.75) is 32.3 Å². The summed E-state index contributed by atoms with van der Waals surface area (Å²) in [6, 6.07) is 10.8. The molecule has 2 aromatic rings. The monoisotopic (exact) mass is 435 g/mol. The Hall–Kier alpha value is -2.70. The van der Waals surface area contributed by atoms with Crippen molar-refractivity contribution in [3.8, 4) is 0 Å². The van der Waals surface area contributed by atoms with Crippen molar-refractivity contribution in [2.24, 2.45) is 0 Å². The highest BCUT2D eigenvalue weighted by Crippen LogP contribution is 2.48. The number of likely N-dealkylation sites (N-methyl/N-ethyl adjacent to an activating group) is 1.